The number of halogens is 2. The second-order valence-electron chi connectivity index (χ2n) is 6.74. The van der Waals surface area contributed by atoms with Gasteiger partial charge < -0.3 is 9.84 Å². The predicted octanol–water partition coefficient (Wildman–Crippen LogP) is 4.44. The molecule has 0 amide bonds. The van der Waals surface area contributed by atoms with E-state index in [4.69, 9.17) is 4.74 Å². The van der Waals surface area contributed by atoms with E-state index in [2.05, 4.69) is 11.8 Å². The molecule has 2 aromatic rings. The highest BCUT2D eigenvalue weighted by atomic mass is 19.1. The molecule has 0 saturated carbocycles. The van der Waals surface area contributed by atoms with E-state index in [1.807, 2.05) is 12.1 Å². The number of hydrogen-bond donors (Lipinski definition) is 1. The fourth-order valence-corrected chi connectivity index (χ4v) is 3.22. The molecule has 0 radical (unpaired) electrons. The number of hydrogen-bond acceptors (Lipinski definition) is 3. The standard InChI is InChI=1S/C20H21F2NO3/c1-13-2-5-15(20(24)25)12-23(13)11-14-3-6-18(7-4-14)26-19-9-16(21)8-17(22)10-19/h3-4,6-10,13,15H,2,5,11-12H2,1H3,(H,24,25). The lowest BCUT2D eigenvalue weighted by Crippen LogP contribution is -2.43. The molecule has 6 heteroatoms. The number of carbonyl (C=O) groups is 1. The Labute approximate surface area is 151 Å². The molecule has 3 rings (SSSR count). The van der Waals surface area contributed by atoms with Crippen molar-refractivity contribution in [2.45, 2.75) is 32.4 Å². The van der Waals surface area contributed by atoms with Gasteiger partial charge in [-0.05, 0) is 37.5 Å². The summed E-state index contributed by atoms with van der Waals surface area (Å²) >= 11 is 0. The van der Waals surface area contributed by atoms with Crippen LogP contribution in [0.4, 0.5) is 8.78 Å². The average molecular weight is 361 g/mol. The first-order valence-corrected chi connectivity index (χ1v) is 8.60. The first kappa shape index (κ1) is 18.3. The third-order valence-corrected chi connectivity index (χ3v) is 4.74. The zero-order valence-electron chi connectivity index (χ0n) is 14.5. The van der Waals surface area contributed by atoms with Gasteiger partial charge in [0.05, 0.1) is 5.92 Å². The lowest BCUT2D eigenvalue weighted by atomic mass is 9.93. The fourth-order valence-electron chi connectivity index (χ4n) is 3.22. The maximum absolute atomic E-state index is 13.2. The second-order valence-corrected chi connectivity index (χ2v) is 6.74. The highest BCUT2D eigenvalue weighted by Crippen LogP contribution is 2.26. The summed E-state index contributed by atoms with van der Waals surface area (Å²) in [7, 11) is 0. The first-order valence-electron chi connectivity index (χ1n) is 8.60. The van der Waals surface area contributed by atoms with Crippen LogP contribution < -0.4 is 4.74 Å². The summed E-state index contributed by atoms with van der Waals surface area (Å²) in [6.45, 7) is 3.30. The minimum absolute atomic E-state index is 0.101. The number of aliphatic carboxylic acids is 1. The third kappa shape index (κ3) is 4.58. The quantitative estimate of drug-likeness (QED) is 0.855. The smallest absolute Gasteiger partial charge is 0.307 e. The van der Waals surface area contributed by atoms with E-state index in [9.17, 15) is 18.7 Å². The Balaban J connectivity index is 1.64. The van der Waals surface area contributed by atoms with Crippen molar-refractivity contribution < 1.29 is 23.4 Å². The molecule has 0 spiro atoms. The summed E-state index contributed by atoms with van der Waals surface area (Å²) in [6.07, 6.45) is 1.58. The number of carboxylic acids is 1. The monoisotopic (exact) mass is 361 g/mol. The molecular formula is C20H21F2NO3. The average Bonchev–Trinajstić information content (AvgIpc) is 2.57. The molecule has 26 heavy (non-hydrogen) atoms. The first-order chi connectivity index (χ1) is 12.4. The molecule has 2 aromatic carbocycles. The van der Waals surface area contributed by atoms with Crippen molar-refractivity contribution in [1.29, 1.82) is 0 Å². The van der Waals surface area contributed by atoms with Crippen molar-refractivity contribution >= 4 is 5.97 Å². The van der Waals surface area contributed by atoms with Crippen molar-refractivity contribution in [1.82, 2.24) is 4.90 Å². The van der Waals surface area contributed by atoms with Crippen molar-refractivity contribution in [3.8, 4) is 11.5 Å². The van der Waals surface area contributed by atoms with Crippen LogP contribution in [-0.2, 0) is 11.3 Å². The molecule has 1 saturated heterocycles. The van der Waals surface area contributed by atoms with Gasteiger partial charge in [-0.1, -0.05) is 12.1 Å². The number of piperidine rings is 1. The topological polar surface area (TPSA) is 49.8 Å². The van der Waals surface area contributed by atoms with Crippen LogP contribution >= 0.6 is 0 Å². The molecular weight excluding hydrogens is 340 g/mol. The van der Waals surface area contributed by atoms with E-state index in [1.165, 1.54) is 0 Å². The number of ether oxygens (including phenoxy) is 1. The normalized spacial score (nSPS) is 20.7. The summed E-state index contributed by atoms with van der Waals surface area (Å²) < 4.78 is 31.9. The van der Waals surface area contributed by atoms with Crippen LogP contribution in [0.3, 0.4) is 0 Å². The zero-order valence-corrected chi connectivity index (χ0v) is 14.5. The van der Waals surface area contributed by atoms with Crippen LogP contribution in [0.1, 0.15) is 25.3 Å². The van der Waals surface area contributed by atoms with Crippen LogP contribution in [0.25, 0.3) is 0 Å². The molecule has 1 N–H and O–H groups in total. The van der Waals surface area contributed by atoms with Gasteiger partial charge in [-0.15, -0.1) is 0 Å². The highest BCUT2D eigenvalue weighted by Gasteiger charge is 2.29. The molecule has 2 unspecified atom stereocenters. The largest absolute Gasteiger partial charge is 0.481 e. The summed E-state index contributed by atoms with van der Waals surface area (Å²) in [4.78, 5) is 13.4. The van der Waals surface area contributed by atoms with Crippen molar-refractivity contribution in [3.63, 3.8) is 0 Å². The summed E-state index contributed by atoms with van der Waals surface area (Å²) in [6, 6.07) is 10.6. The Hall–Kier alpha value is -2.47. The predicted molar refractivity (Wildman–Crippen MR) is 93.1 cm³/mol. The molecule has 4 nitrogen and oxygen atoms in total. The molecule has 2 atom stereocenters. The number of nitrogens with zero attached hydrogens (tertiary/aromatic N) is 1. The molecule has 1 heterocycles. The Kier molecular flexibility index (Phi) is 5.52. The molecule has 1 aliphatic heterocycles. The molecule has 1 aliphatic rings. The third-order valence-electron chi connectivity index (χ3n) is 4.74. The Bertz CT molecular complexity index is 759. The Morgan fingerprint density at radius 3 is 2.38 bits per heavy atom. The SMILES string of the molecule is CC1CCC(C(=O)O)CN1Cc1ccc(Oc2cc(F)cc(F)c2)cc1. The maximum atomic E-state index is 13.2. The second kappa shape index (κ2) is 7.83. The molecule has 0 bridgehead atoms. The highest BCUT2D eigenvalue weighted by molar-refractivity contribution is 5.70. The molecule has 0 aliphatic carbocycles. The fraction of sp³-hybridized carbons (Fsp3) is 0.350. The van der Waals surface area contributed by atoms with Gasteiger partial charge in [-0.25, -0.2) is 8.78 Å². The van der Waals surface area contributed by atoms with Crippen molar-refractivity contribution in [2.24, 2.45) is 5.92 Å². The van der Waals surface area contributed by atoms with Gasteiger partial charge in [0.25, 0.3) is 0 Å². The van der Waals surface area contributed by atoms with E-state index < -0.39 is 17.6 Å². The van der Waals surface area contributed by atoms with E-state index in [0.717, 1.165) is 30.2 Å². The van der Waals surface area contributed by atoms with Crippen LogP contribution in [0.2, 0.25) is 0 Å². The summed E-state index contributed by atoms with van der Waals surface area (Å²) in [5.74, 6) is -1.87. The van der Waals surface area contributed by atoms with Crippen molar-refractivity contribution in [2.75, 3.05) is 6.54 Å². The molecule has 138 valence electrons. The van der Waals surface area contributed by atoms with E-state index >= 15 is 0 Å². The van der Waals surface area contributed by atoms with Gasteiger partial charge in [0.15, 0.2) is 0 Å². The lowest BCUT2D eigenvalue weighted by Gasteiger charge is -2.36. The maximum Gasteiger partial charge on any atom is 0.307 e. The van der Waals surface area contributed by atoms with Gasteiger partial charge in [-0.2, -0.15) is 0 Å². The van der Waals surface area contributed by atoms with Crippen molar-refractivity contribution in [3.05, 3.63) is 59.7 Å². The van der Waals surface area contributed by atoms with Gasteiger partial charge in [0.1, 0.15) is 23.1 Å². The van der Waals surface area contributed by atoms with Gasteiger partial charge in [0.2, 0.25) is 0 Å². The summed E-state index contributed by atoms with van der Waals surface area (Å²) in [5.41, 5.74) is 1.03. The zero-order chi connectivity index (χ0) is 18.7. The molecule has 0 aromatic heterocycles. The number of carboxylic acid groups (broad SMARTS) is 1. The van der Waals surface area contributed by atoms with E-state index in [-0.39, 0.29) is 11.7 Å². The molecule has 1 fully saturated rings. The van der Waals surface area contributed by atoms with Crippen LogP contribution in [0.15, 0.2) is 42.5 Å². The van der Waals surface area contributed by atoms with Crippen LogP contribution in [0, 0.1) is 17.6 Å². The summed E-state index contributed by atoms with van der Waals surface area (Å²) in [5, 5.41) is 9.23. The van der Waals surface area contributed by atoms with Gasteiger partial charge >= 0.3 is 5.97 Å². The Morgan fingerprint density at radius 1 is 1.12 bits per heavy atom. The minimum atomic E-state index is -0.743. The van der Waals surface area contributed by atoms with E-state index in [1.54, 1.807) is 12.1 Å². The van der Waals surface area contributed by atoms with Crippen LogP contribution in [-0.4, -0.2) is 28.6 Å². The lowest BCUT2D eigenvalue weighted by molar-refractivity contribution is -0.144. The van der Waals surface area contributed by atoms with Gasteiger partial charge in [0, 0.05) is 37.3 Å². The minimum Gasteiger partial charge on any atom is -0.481 e. The van der Waals surface area contributed by atoms with Crippen LogP contribution in [0.5, 0.6) is 11.5 Å². The Morgan fingerprint density at radius 2 is 1.77 bits per heavy atom. The van der Waals surface area contributed by atoms with E-state index in [0.29, 0.717) is 31.3 Å². The van der Waals surface area contributed by atoms with Gasteiger partial charge in [-0.3, -0.25) is 9.69 Å². The number of benzene rings is 2. The number of rotatable bonds is 5. The number of likely N-dealkylation sites (tertiary alicyclic amines) is 1.